The summed E-state index contributed by atoms with van der Waals surface area (Å²) < 4.78 is 16.8. The molecule has 2 atom stereocenters. The second kappa shape index (κ2) is 8.16. The molecule has 1 saturated carbocycles. The zero-order chi connectivity index (χ0) is 21.4. The van der Waals surface area contributed by atoms with Crippen molar-refractivity contribution in [3.05, 3.63) is 23.0 Å². The fourth-order valence-corrected chi connectivity index (χ4v) is 4.20. The summed E-state index contributed by atoms with van der Waals surface area (Å²) in [6, 6.07) is 2.19. The Morgan fingerprint density at radius 3 is 2.52 bits per heavy atom. The van der Waals surface area contributed by atoms with E-state index in [0.717, 1.165) is 18.6 Å². The molecule has 0 bridgehead atoms. The summed E-state index contributed by atoms with van der Waals surface area (Å²) in [7, 11) is 1.29. The Bertz CT molecular complexity index is 889. The predicted octanol–water partition coefficient (Wildman–Crippen LogP) is 4.73. The van der Waals surface area contributed by atoms with Gasteiger partial charge >= 0.3 is 6.01 Å². The summed E-state index contributed by atoms with van der Waals surface area (Å²) in [4.78, 5) is 8.38. The van der Waals surface area contributed by atoms with Gasteiger partial charge in [-0.3, -0.25) is 0 Å². The Kier molecular flexibility index (Phi) is 6.17. The monoisotopic (exact) mass is 436 g/mol. The van der Waals surface area contributed by atoms with Gasteiger partial charge in [0.05, 0.1) is 19.8 Å². The van der Waals surface area contributed by atoms with Crippen LogP contribution in [0.25, 0.3) is 11.3 Å². The number of hydrogen-bond acceptors (Lipinski definition) is 7. The minimum Gasteiger partial charge on any atom is -0.480 e. The zero-order valence-electron chi connectivity index (χ0n) is 18.1. The van der Waals surface area contributed by atoms with Crippen LogP contribution >= 0.6 is 11.6 Å². The number of methoxy groups -OCH3 is 2. The van der Waals surface area contributed by atoms with E-state index in [1.807, 2.05) is 6.07 Å². The topological polar surface area (TPSA) is 79.2 Å². The van der Waals surface area contributed by atoms with Crippen LogP contribution in [0, 0.1) is 5.92 Å². The maximum Gasteiger partial charge on any atom is 0.319 e. The predicted molar refractivity (Wildman–Crippen MR) is 115 cm³/mol. The van der Waals surface area contributed by atoms with Crippen molar-refractivity contribution in [2.75, 3.05) is 20.8 Å². The summed E-state index contributed by atoms with van der Waals surface area (Å²) in [5, 5.41) is 9.01. The standard InChI is InChI=1S/C20H29ClN4O3Si/c1-20(2,3)29(6,7)28-11-12-8-13(12)14-9-16(24-25-17(14)21)15-10-22-19(27-5)23-18(15)26-4/h9-10,12-13H,8,11H2,1-7H3/t12-,13+/m1/s1. The number of halogens is 1. The number of hydrogen-bond donors (Lipinski definition) is 0. The molecule has 1 aliphatic carbocycles. The van der Waals surface area contributed by atoms with Crippen LogP contribution in [0.4, 0.5) is 0 Å². The average Bonchev–Trinajstić information content (AvgIpc) is 3.45. The van der Waals surface area contributed by atoms with Gasteiger partial charge in [-0.1, -0.05) is 32.4 Å². The lowest BCUT2D eigenvalue weighted by molar-refractivity contribution is 0.270. The van der Waals surface area contributed by atoms with Crippen LogP contribution in [-0.2, 0) is 4.43 Å². The van der Waals surface area contributed by atoms with Gasteiger partial charge in [0, 0.05) is 12.8 Å². The maximum atomic E-state index is 6.39. The van der Waals surface area contributed by atoms with Crippen LogP contribution in [0.1, 0.15) is 38.7 Å². The number of ether oxygens (including phenoxy) is 2. The van der Waals surface area contributed by atoms with Crippen molar-refractivity contribution in [2.24, 2.45) is 5.92 Å². The van der Waals surface area contributed by atoms with Gasteiger partial charge in [-0.25, -0.2) is 4.98 Å². The quantitative estimate of drug-likeness (QED) is 0.580. The highest BCUT2D eigenvalue weighted by atomic mass is 35.5. The Morgan fingerprint density at radius 1 is 1.17 bits per heavy atom. The van der Waals surface area contributed by atoms with E-state index in [0.29, 0.717) is 34.1 Å². The Morgan fingerprint density at radius 2 is 1.90 bits per heavy atom. The molecule has 2 aromatic heterocycles. The van der Waals surface area contributed by atoms with Crippen LogP contribution in [0.5, 0.6) is 11.9 Å². The van der Waals surface area contributed by atoms with Crippen molar-refractivity contribution in [1.29, 1.82) is 0 Å². The Labute approximate surface area is 178 Å². The molecule has 1 fully saturated rings. The van der Waals surface area contributed by atoms with Crippen LogP contribution in [0.3, 0.4) is 0 Å². The molecular weight excluding hydrogens is 408 g/mol. The van der Waals surface area contributed by atoms with Crippen molar-refractivity contribution in [2.45, 2.75) is 51.2 Å². The lowest BCUT2D eigenvalue weighted by Crippen LogP contribution is -2.41. The molecule has 29 heavy (non-hydrogen) atoms. The fraction of sp³-hybridized carbons (Fsp3) is 0.600. The molecule has 0 radical (unpaired) electrons. The first-order valence-corrected chi connectivity index (χ1v) is 13.0. The first-order valence-electron chi connectivity index (χ1n) is 9.70. The van der Waals surface area contributed by atoms with Gasteiger partial charge < -0.3 is 13.9 Å². The second-order valence-electron chi connectivity index (χ2n) is 8.93. The lowest BCUT2D eigenvalue weighted by Gasteiger charge is -2.36. The van der Waals surface area contributed by atoms with E-state index in [1.54, 1.807) is 13.3 Å². The third kappa shape index (κ3) is 4.70. The smallest absolute Gasteiger partial charge is 0.319 e. The molecule has 0 amide bonds. The average molecular weight is 437 g/mol. The number of rotatable bonds is 7. The molecule has 3 rings (SSSR count). The molecule has 0 aliphatic heterocycles. The molecule has 2 heterocycles. The van der Waals surface area contributed by atoms with Crippen molar-refractivity contribution in [3.63, 3.8) is 0 Å². The van der Waals surface area contributed by atoms with Gasteiger partial charge in [0.25, 0.3) is 0 Å². The highest BCUT2D eigenvalue weighted by molar-refractivity contribution is 6.74. The second-order valence-corrected chi connectivity index (χ2v) is 14.1. The summed E-state index contributed by atoms with van der Waals surface area (Å²) in [6.07, 6.45) is 2.66. The largest absolute Gasteiger partial charge is 0.480 e. The fourth-order valence-electron chi connectivity index (χ4n) is 2.91. The van der Waals surface area contributed by atoms with Crippen LogP contribution < -0.4 is 9.47 Å². The van der Waals surface area contributed by atoms with E-state index in [2.05, 4.69) is 54.0 Å². The third-order valence-electron chi connectivity index (χ3n) is 5.95. The van der Waals surface area contributed by atoms with Crippen molar-refractivity contribution >= 4 is 19.9 Å². The van der Waals surface area contributed by atoms with E-state index in [-0.39, 0.29) is 11.0 Å². The van der Waals surface area contributed by atoms with Crippen LogP contribution in [0.15, 0.2) is 12.3 Å². The number of aromatic nitrogens is 4. The van der Waals surface area contributed by atoms with E-state index >= 15 is 0 Å². The van der Waals surface area contributed by atoms with Crippen molar-refractivity contribution < 1.29 is 13.9 Å². The highest BCUT2D eigenvalue weighted by Crippen LogP contribution is 2.51. The molecule has 7 nitrogen and oxygen atoms in total. The highest BCUT2D eigenvalue weighted by Gasteiger charge is 2.44. The van der Waals surface area contributed by atoms with Crippen molar-refractivity contribution in [3.8, 4) is 23.1 Å². The molecule has 0 spiro atoms. The molecule has 9 heteroatoms. The lowest BCUT2D eigenvalue weighted by atomic mass is 10.1. The Balaban J connectivity index is 1.78. The first-order chi connectivity index (χ1) is 13.6. The van der Waals surface area contributed by atoms with Gasteiger partial charge in [-0.05, 0) is 48.0 Å². The molecule has 2 aromatic rings. The Hall–Kier alpha value is -1.77. The minimum absolute atomic E-state index is 0.200. The van der Waals surface area contributed by atoms with E-state index in [9.17, 15) is 0 Å². The van der Waals surface area contributed by atoms with Crippen LogP contribution in [-0.4, -0.2) is 49.3 Å². The van der Waals surface area contributed by atoms with E-state index in [1.165, 1.54) is 7.11 Å². The maximum absolute atomic E-state index is 6.39. The van der Waals surface area contributed by atoms with Gasteiger partial charge in [-0.15, -0.1) is 10.2 Å². The first kappa shape index (κ1) is 21.9. The number of nitrogens with zero attached hydrogens (tertiary/aromatic N) is 4. The molecule has 0 saturated heterocycles. The zero-order valence-corrected chi connectivity index (χ0v) is 19.9. The van der Waals surface area contributed by atoms with E-state index in [4.69, 9.17) is 25.5 Å². The molecule has 0 N–H and O–H groups in total. The molecule has 0 aromatic carbocycles. The minimum atomic E-state index is -1.76. The van der Waals surface area contributed by atoms with E-state index < -0.39 is 8.32 Å². The summed E-state index contributed by atoms with van der Waals surface area (Å²) in [5.41, 5.74) is 2.26. The van der Waals surface area contributed by atoms with Gasteiger partial charge in [0.2, 0.25) is 5.88 Å². The van der Waals surface area contributed by atoms with Gasteiger partial charge in [-0.2, -0.15) is 4.98 Å². The molecular formula is C20H29ClN4O3Si. The summed E-state index contributed by atoms with van der Waals surface area (Å²) in [6.45, 7) is 12.1. The van der Waals surface area contributed by atoms with Crippen molar-refractivity contribution in [1.82, 2.24) is 20.2 Å². The SMILES string of the molecule is COc1ncc(-c2cc([C@H]3C[C@@H]3CO[Si](C)(C)C(C)(C)C)c(Cl)nn2)c(OC)n1. The molecule has 0 unspecified atom stereocenters. The summed E-state index contributed by atoms with van der Waals surface area (Å²) >= 11 is 6.38. The van der Waals surface area contributed by atoms with Gasteiger partial charge in [0.15, 0.2) is 13.5 Å². The third-order valence-corrected chi connectivity index (χ3v) is 10.7. The van der Waals surface area contributed by atoms with Gasteiger partial charge in [0.1, 0.15) is 5.69 Å². The normalized spacial score (nSPS) is 19.2. The summed E-state index contributed by atoms with van der Waals surface area (Å²) in [5.74, 6) is 1.16. The van der Waals surface area contributed by atoms with Crippen LogP contribution in [0.2, 0.25) is 23.3 Å². The molecule has 158 valence electrons. The molecule has 1 aliphatic rings.